The topological polar surface area (TPSA) is 80.3 Å². The average molecular weight is 364 g/mol. The summed E-state index contributed by atoms with van der Waals surface area (Å²) in [6.07, 6.45) is 5.25. The lowest BCUT2D eigenvalue weighted by atomic mass is 10.1. The number of imide groups is 1. The van der Waals surface area contributed by atoms with E-state index in [2.05, 4.69) is 32.3 Å². The molecule has 0 aromatic rings. The number of hydrogen-bond acceptors (Lipinski definition) is 4. The van der Waals surface area contributed by atoms with Crippen LogP contribution >= 0.6 is 0 Å². The van der Waals surface area contributed by atoms with Crippen molar-refractivity contribution in [2.45, 2.75) is 32.6 Å². The Morgan fingerprint density at radius 3 is 2.73 bits per heavy atom. The Morgan fingerprint density at radius 1 is 1.23 bits per heavy atom. The van der Waals surface area contributed by atoms with E-state index in [1.807, 2.05) is 0 Å². The van der Waals surface area contributed by atoms with Crippen molar-refractivity contribution in [3.05, 3.63) is 0 Å². The minimum Gasteiger partial charge on any atom is -0.357 e. The van der Waals surface area contributed by atoms with E-state index in [1.165, 1.54) is 50.2 Å². The van der Waals surface area contributed by atoms with Crippen molar-refractivity contribution in [3.63, 3.8) is 0 Å². The molecule has 0 aromatic heterocycles. The zero-order chi connectivity index (χ0) is 18.4. The molecule has 3 rings (SSSR count). The summed E-state index contributed by atoms with van der Waals surface area (Å²) in [5.41, 5.74) is 0. The van der Waals surface area contributed by atoms with Gasteiger partial charge in [-0.15, -0.1) is 0 Å². The summed E-state index contributed by atoms with van der Waals surface area (Å²) >= 11 is 0. The summed E-state index contributed by atoms with van der Waals surface area (Å²) in [4.78, 5) is 34.1. The van der Waals surface area contributed by atoms with Gasteiger partial charge in [-0.3, -0.25) is 14.7 Å². The summed E-state index contributed by atoms with van der Waals surface area (Å²) in [6, 6.07) is -0.307. The van der Waals surface area contributed by atoms with Crippen molar-refractivity contribution in [1.29, 1.82) is 0 Å². The number of piperidine rings is 1. The summed E-state index contributed by atoms with van der Waals surface area (Å²) in [6.45, 7) is 9.50. The second-order valence-corrected chi connectivity index (χ2v) is 7.40. The lowest BCUT2D eigenvalue weighted by Crippen LogP contribution is -2.42. The number of amides is 3. The molecule has 1 unspecified atom stereocenters. The zero-order valence-corrected chi connectivity index (χ0v) is 15.9. The average Bonchev–Trinajstić information content (AvgIpc) is 3.23. The zero-order valence-electron chi connectivity index (χ0n) is 15.9. The maximum atomic E-state index is 11.6. The van der Waals surface area contributed by atoms with Crippen LogP contribution < -0.4 is 10.6 Å². The number of aliphatic imine (C=N–C) groups is 1. The van der Waals surface area contributed by atoms with Gasteiger partial charge in [-0.05, 0) is 45.2 Å². The molecule has 3 fully saturated rings. The molecule has 0 bridgehead atoms. The van der Waals surface area contributed by atoms with Crippen LogP contribution in [0.1, 0.15) is 32.6 Å². The second-order valence-electron chi connectivity index (χ2n) is 7.40. The van der Waals surface area contributed by atoms with Crippen molar-refractivity contribution in [1.82, 2.24) is 25.3 Å². The van der Waals surface area contributed by atoms with E-state index < -0.39 is 0 Å². The van der Waals surface area contributed by atoms with E-state index in [0.29, 0.717) is 19.0 Å². The Balaban J connectivity index is 1.49. The van der Waals surface area contributed by atoms with Gasteiger partial charge in [0, 0.05) is 26.2 Å². The molecule has 3 saturated heterocycles. The number of carbonyl (C=O) groups is 2. The van der Waals surface area contributed by atoms with Gasteiger partial charge in [0.2, 0.25) is 5.91 Å². The minimum absolute atomic E-state index is 0.104. The number of nitrogens with one attached hydrogen (secondary N) is 2. The van der Waals surface area contributed by atoms with Crippen molar-refractivity contribution in [2.24, 2.45) is 10.9 Å². The molecule has 0 spiro atoms. The van der Waals surface area contributed by atoms with Crippen molar-refractivity contribution in [3.8, 4) is 0 Å². The highest BCUT2D eigenvalue weighted by atomic mass is 16.2. The first kappa shape index (κ1) is 18.9. The molecule has 0 saturated carbocycles. The van der Waals surface area contributed by atoms with Gasteiger partial charge in [-0.1, -0.05) is 6.42 Å². The number of urea groups is 1. The van der Waals surface area contributed by atoms with Crippen LogP contribution in [0.4, 0.5) is 4.79 Å². The fraction of sp³-hybridized carbons (Fsp3) is 0.833. The first-order chi connectivity index (χ1) is 12.7. The monoisotopic (exact) mass is 364 g/mol. The Hall–Kier alpha value is -1.83. The number of guanidine groups is 1. The van der Waals surface area contributed by atoms with Crippen LogP contribution in [0, 0.1) is 5.92 Å². The maximum absolute atomic E-state index is 11.6. The molecule has 0 aliphatic carbocycles. The Bertz CT molecular complexity index is 516. The number of rotatable bonds is 6. The van der Waals surface area contributed by atoms with E-state index >= 15 is 0 Å². The molecular weight excluding hydrogens is 332 g/mol. The van der Waals surface area contributed by atoms with Crippen LogP contribution in [0.25, 0.3) is 0 Å². The molecule has 8 nitrogen and oxygen atoms in total. The van der Waals surface area contributed by atoms with Crippen LogP contribution in [-0.4, -0.2) is 91.5 Å². The number of nitrogens with zero attached hydrogens (tertiary/aromatic N) is 4. The number of carbonyl (C=O) groups excluding carboxylic acids is 2. The third-order valence-electron chi connectivity index (χ3n) is 5.41. The Labute approximate surface area is 156 Å². The molecule has 2 N–H and O–H groups in total. The molecule has 1 atom stereocenters. The van der Waals surface area contributed by atoms with Crippen LogP contribution in [0.3, 0.4) is 0 Å². The summed E-state index contributed by atoms with van der Waals surface area (Å²) in [5, 5.41) is 5.90. The third-order valence-corrected chi connectivity index (χ3v) is 5.41. The first-order valence-electron chi connectivity index (χ1n) is 10.0. The van der Waals surface area contributed by atoms with Crippen molar-refractivity contribution >= 4 is 17.9 Å². The molecule has 3 aliphatic rings. The largest absolute Gasteiger partial charge is 0.357 e. The van der Waals surface area contributed by atoms with Gasteiger partial charge in [-0.2, -0.15) is 0 Å². The summed E-state index contributed by atoms with van der Waals surface area (Å²) < 4.78 is 0. The van der Waals surface area contributed by atoms with Crippen LogP contribution in [0.15, 0.2) is 4.99 Å². The normalized spacial score (nSPS) is 25.1. The van der Waals surface area contributed by atoms with Gasteiger partial charge in [0.05, 0.1) is 19.6 Å². The van der Waals surface area contributed by atoms with Crippen molar-refractivity contribution in [2.75, 3.05) is 58.9 Å². The molecule has 3 amide bonds. The van der Waals surface area contributed by atoms with E-state index in [4.69, 9.17) is 0 Å². The molecule has 146 valence electrons. The highest BCUT2D eigenvalue weighted by molar-refractivity contribution is 6.01. The predicted octanol–water partition coefficient (Wildman–Crippen LogP) is 0.312. The molecule has 0 radical (unpaired) electrons. The minimum atomic E-state index is -0.307. The quantitative estimate of drug-likeness (QED) is 0.403. The standard InChI is InChI=1S/C18H32N6O2/c1-2-19-17(20-7-11-24-16(25)12-21-18(24)26)23-10-6-15(14-23)13-22-8-4-3-5-9-22/h15H,2-14H2,1H3,(H,19,20)(H,21,26). The summed E-state index contributed by atoms with van der Waals surface area (Å²) in [7, 11) is 0. The fourth-order valence-electron chi connectivity index (χ4n) is 4.04. The molecule has 8 heteroatoms. The molecule has 26 heavy (non-hydrogen) atoms. The van der Waals surface area contributed by atoms with E-state index in [9.17, 15) is 9.59 Å². The highest BCUT2D eigenvalue weighted by Crippen LogP contribution is 2.20. The van der Waals surface area contributed by atoms with E-state index in [1.54, 1.807) is 0 Å². The molecule has 3 aliphatic heterocycles. The highest BCUT2D eigenvalue weighted by Gasteiger charge is 2.29. The first-order valence-corrected chi connectivity index (χ1v) is 10.0. The third kappa shape index (κ3) is 4.87. The lowest BCUT2D eigenvalue weighted by Gasteiger charge is -2.29. The van der Waals surface area contributed by atoms with Gasteiger partial charge in [0.1, 0.15) is 0 Å². The maximum Gasteiger partial charge on any atom is 0.324 e. The van der Waals surface area contributed by atoms with E-state index in [0.717, 1.165) is 25.6 Å². The Morgan fingerprint density at radius 2 is 2.04 bits per heavy atom. The van der Waals surface area contributed by atoms with Gasteiger partial charge < -0.3 is 20.4 Å². The predicted molar refractivity (Wildman–Crippen MR) is 101 cm³/mol. The second kappa shape index (κ2) is 9.21. The summed E-state index contributed by atoms with van der Waals surface area (Å²) in [5.74, 6) is 1.43. The SMILES string of the molecule is CCNC(=NCCN1C(=O)CNC1=O)N1CCC(CN2CCCCC2)C1. The van der Waals surface area contributed by atoms with Gasteiger partial charge in [0.25, 0.3) is 0 Å². The van der Waals surface area contributed by atoms with E-state index in [-0.39, 0.29) is 18.5 Å². The Kier molecular flexibility index (Phi) is 6.71. The van der Waals surface area contributed by atoms with Gasteiger partial charge in [-0.25, -0.2) is 4.79 Å². The van der Waals surface area contributed by atoms with Crippen molar-refractivity contribution < 1.29 is 9.59 Å². The molecule has 0 aromatic carbocycles. The van der Waals surface area contributed by atoms with Gasteiger partial charge >= 0.3 is 6.03 Å². The van der Waals surface area contributed by atoms with Crippen LogP contribution in [0.5, 0.6) is 0 Å². The van der Waals surface area contributed by atoms with Crippen LogP contribution in [-0.2, 0) is 4.79 Å². The molecule has 3 heterocycles. The smallest absolute Gasteiger partial charge is 0.324 e. The number of hydrogen-bond donors (Lipinski definition) is 2. The van der Waals surface area contributed by atoms with Crippen LogP contribution in [0.2, 0.25) is 0 Å². The molecular formula is C18H32N6O2. The number of likely N-dealkylation sites (tertiary alicyclic amines) is 2. The van der Waals surface area contributed by atoms with Gasteiger partial charge in [0.15, 0.2) is 5.96 Å². The lowest BCUT2D eigenvalue weighted by molar-refractivity contribution is -0.124. The fourth-order valence-corrected chi connectivity index (χ4v) is 4.04.